The largest absolute Gasteiger partial charge is 0.355 e. The van der Waals surface area contributed by atoms with Crippen LogP contribution in [0.15, 0.2) is 24.3 Å². The van der Waals surface area contributed by atoms with Gasteiger partial charge in [0.2, 0.25) is 5.91 Å². The quantitative estimate of drug-likeness (QED) is 0.760. The number of amides is 1. The maximum atomic E-state index is 12.0. The molecule has 0 heterocycles. The number of carbonyl (C=O) groups excluding carboxylic acids is 2. The number of benzene rings is 1. The van der Waals surface area contributed by atoms with Crippen molar-refractivity contribution in [2.75, 3.05) is 27.2 Å². The van der Waals surface area contributed by atoms with Crippen LogP contribution in [-0.2, 0) is 4.79 Å². The lowest BCUT2D eigenvalue weighted by molar-refractivity contribution is -0.121. The summed E-state index contributed by atoms with van der Waals surface area (Å²) in [7, 11) is 3.90. The minimum Gasteiger partial charge on any atom is -0.355 e. The fourth-order valence-electron chi connectivity index (χ4n) is 1.75. The molecule has 104 valence electrons. The average molecular weight is 262 g/mol. The zero-order valence-electron chi connectivity index (χ0n) is 11.9. The second-order valence-corrected chi connectivity index (χ2v) is 4.89. The Hall–Kier alpha value is -1.68. The Morgan fingerprint density at radius 2 is 1.84 bits per heavy atom. The molecule has 0 aromatic heterocycles. The Labute approximate surface area is 114 Å². The van der Waals surface area contributed by atoms with Crippen molar-refractivity contribution in [3.8, 4) is 0 Å². The molecule has 1 aromatic carbocycles. The molecule has 0 saturated heterocycles. The van der Waals surface area contributed by atoms with Crippen LogP contribution in [0.1, 0.15) is 28.8 Å². The molecule has 0 spiro atoms. The fraction of sp³-hybridized carbons (Fsp3) is 0.467. The molecule has 0 radical (unpaired) electrons. The normalized spacial score (nSPS) is 10.5. The van der Waals surface area contributed by atoms with E-state index in [1.807, 2.05) is 50.2 Å². The van der Waals surface area contributed by atoms with E-state index in [0.717, 1.165) is 12.1 Å². The molecule has 0 atom stereocenters. The summed E-state index contributed by atoms with van der Waals surface area (Å²) in [6.07, 6.45) is 0.513. The van der Waals surface area contributed by atoms with Gasteiger partial charge in [0, 0.05) is 31.5 Å². The van der Waals surface area contributed by atoms with Gasteiger partial charge in [-0.1, -0.05) is 24.3 Å². The second-order valence-electron chi connectivity index (χ2n) is 4.89. The maximum absolute atomic E-state index is 12.0. The van der Waals surface area contributed by atoms with E-state index in [1.54, 1.807) is 0 Å². The minimum absolute atomic E-state index is 0.0286. The summed E-state index contributed by atoms with van der Waals surface area (Å²) in [6, 6.07) is 7.46. The van der Waals surface area contributed by atoms with Gasteiger partial charge in [0.15, 0.2) is 5.78 Å². The lowest BCUT2D eigenvalue weighted by Gasteiger charge is -2.10. The number of aryl methyl sites for hydroxylation is 1. The van der Waals surface area contributed by atoms with Gasteiger partial charge in [0.1, 0.15) is 0 Å². The van der Waals surface area contributed by atoms with Gasteiger partial charge >= 0.3 is 0 Å². The summed E-state index contributed by atoms with van der Waals surface area (Å²) in [5.74, 6) is -0.0374. The molecule has 1 amide bonds. The molecule has 1 N–H and O–H groups in total. The number of likely N-dealkylation sites (N-methyl/N-ethyl adjacent to an activating group) is 1. The van der Waals surface area contributed by atoms with Gasteiger partial charge < -0.3 is 10.2 Å². The summed E-state index contributed by atoms with van der Waals surface area (Å²) in [6.45, 7) is 3.33. The SMILES string of the molecule is Cc1ccccc1C(=O)CCC(=O)NCCN(C)C. The number of nitrogens with zero attached hydrogens (tertiary/aromatic N) is 1. The summed E-state index contributed by atoms with van der Waals surface area (Å²) in [5, 5.41) is 2.80. The third-order valence-electron chi connectivity index (χ3n) is 2.91. The highest BCUT2D eigenvalue weighted by atomic mass is 16.2. The summed E-state index contributed by atoms with van der Waals surface area (Å²) in [4.78, 5) is 25.5. The highest BCUT2D eigenvalue weighted by Crippen LogP contribution is 2.10. The Morgan fingerprint density at radius 3 is 2.47 bits per heavy atom. The fourth-order valence-corrected chi connectivity index (χ4v) is 1.75. The highest BCUT2D eigenvalue weighted by Gasteiger charge is 2.10. The van der Waals surface area contributed by atoms with Crippen molar-refractivity contribution < 1.29 is 9.59 Å². The molecule has 0 aliphatic carbocycles. The summed E-state index contributed by atoms with van der Waals surface area (Å²) < 4.78 is 0. The zero-order chi connectivity index (χ0) is 14.3. The smallest absolute Gasteiger partial charge is 0.220 e. The molecule has 19 heavy (non-hydrogen) atoms. The number of Topliss-reactive ketones (excluding diaryl/α,β-unsaturated/α-hetero) is 1. The van der Waals surface area contributed by atoms with E-state index >= 15 is 0 Å². The van der Waals surface area contributed by atoms with E-state index in [1.165, 1.54) is 0 Å². The van der Waals surface area contributed by atoms with E-state index in [0.29, 0.717) is 12.1 Å². The second kappa shape index (κ2) is 7.69. The number of hydrogen-bond donors (Lipinski definition) is 1. The van der Waals surface area contributed by atoms with Crippen LogP contribution < -0.4 is 5.32 Å². The molecular weight excluding hydrogens is 240 g/mol. The van der Waals surface area contributed by atoms with Crippen molar-refractivity contribution in [1.29, 1.82) is 0 Å². The van der Waals surface area contributed by atoms with Crippen LogP contribution in [0.5, 0.6) is 0 Å². The predicted molar refractivity (Wildman–Crippen MR) is 76.3 cm³/mol. The van der Waals surface area contributed by atoms with Crippen LogP contribution in [0, 0.1) is 6.92 Å². The number of carbonyl (C=O) groups is 2. The van der Waals surface area contributed by atoms with Gasteiger partial charge in [-0.3, -0.25) is 9.59 Å². The average Bonchev–Trinajstić information content (AvgIpc) is 2.36. The first-order chi connectivity index (χ1) is 9.00. The van der Waals surface area contributed by atoms with Crippen molar-refractivity contribution in [2.24, 2.45) is 0 Å². The van der Waals surface area contributed by atoms with Gasteiger partial charge in [-0.15, -0.1) is 0 Å². The van der Waals surface area contributed by atoms with E-state index in [4.69, 9.17) is 0 Å². The first-order valence-corrected chi connectivity index (χ1v) is 6.51. The number of hydrogen-bond acceptors (Lipinski definition) is 3. The van der Waals surface area contributed by atoms with Gasteiger partial charge in [0.25, 0.3) is 0 Å². The predicted octanol–water partition coefficient (Wildman–Crippen LogP) is 1.64. The molecule has 4 nitrogen and oxygen atoms in total. The molecule has 1 rings (SSSR count). The van der Waals surface area contributed by atoms with Gasteiger partial charge in [0.05, 0.1) is 0 Å². The van der Waals surface area contributed by atoms with Crippen LogP contribution in [0.2, 0.25) is 0 Å². The standard InChI is InChI=1S/C15H22N2O2/c1-12-6-4-5-7-13(12)14(18)8-9-15(19)16-10-11-17(2)3/h4-7H,8-11H2,1-3H3,(H,16,19). The molecule has 0 aliphatic heterocycles. The third kappa shape index (κ3) is 5.66. The highest BCUT2D eigenvalue weighted by molar-refractivity contribution is 5.99. The monoisotopic (exact) mass is 262 g/mol. The molecule has 0 saturated carbocycles. The van der Waals surface area contributed by atoms with Crippen LogP contribution in [0.4, 0.5) is 0 Å². The Balaban J connectivity index is 2.34. The van der Waals surface area contributed by atoms with Crippen LogP contribution in [0.25, 0.3) is 0 Å². The molecule has 0 aliphatic rings. The number of ketones is 1. The van der Waals surface area contributed by atoms with Crippen molar-refractivity contribution in [3.05, 3.63) is 35.4 Å². The topological polar surface area (TPSA) is 49.4 Å². The van der Waals surface area contributed by atoms with Crippen molar-refractivity contribution >= 4 is 11.7 Å². The first kappa shape index (κ1) is 15.4. The number of nitrogens with one attached hydrogen (secondary N) is 1. The van der Waals surface area contributed by atoms with Crippen LogP contribution >= 0.6 is 0 Å². The van der Waals surface area contributed by atoms with E-state index in [2.05, 4.69) is 5.32 Å². The number of rotatable bonds is 7. The molecule has 0 bridgehead atoms. The van der Waals surface area contributed by atoms with Gasteiger partial charge in [-0.05, 0) is 26.6 Å². The van der Waals surface area contributed by atoms with Gasteiger partial charge in [-0.2, -0.15) is 0 Å². The lowest BCUT2D eigenvalue weighted by Crippen LogP contribution is -2.31. The maximum Gasteiger partial charge on any atom is 0.220 e. The molecule has 0 fully saturated rings. The minimum atomic E-state index is -0.0659. The first-order valence-electron chi connectivity index (χ1n) is 6.51. The van der Waals surface area contributed by atoms with Crippen molar-refractivity contribution in [2.45, 2.75) is 19.8 Å². The summed E-state index contributed by atoms with van der Waals surface area (Å²) >= 11 is 0. The Kier molecular flexibility index (Phi) is 6.22. The van der Waals surface area contributed by atoms with Crippen LogP contribution in [-0.4, -0.2) is 43.8 Å². The zero-order valence-corrected chi connectivity index (χ0v) is 11.9. The van der Waals surface area contributed by atoms with Crippen molar-refractivity contribution in [1.82, 2.24) is 10.2 Å². The molecular formula is C15H22N2O2. The van der Waals surface area contributed by atoms with Gasteiger partial charge in [-0.25, -0.2) is 0 Å². The molecule has 1 aromatic rings. The Morgan fingerprint density at radius 1 is 1.16 bits per heavy atom. The lowest BCUT2D eigenvalue weighted by atomic mass is 10.0. The van der Waals surface area contributed by atoms with Crippen molar-refractivity contribution in [3.63, 3.8) is 0 Å². The van der Waals surface area contributed by atoms with Crippen LogP contribution in [0.3, 0.4) is 0 Å². The molecule has 4 heteroatoms. The van der Waals surface area contributed by atoms with E-state index < -0.39 is 0 Å². The van der Waals surface area contributed by atoms with E-state index in [9.17, 15) is 9.59 Å². The third-order valence-corrected chi connectivity index (χ3v) is 2.91. The summed E-state index contributed by atoms with van der Waals surface area (Å²) in [5.41, 5.74) is 1.67. The Bertz CT molecular complexity index is 442. The molecule has 0 unspecified atom stereocenters. The van der Waals surface area contributed by atoms with E-state index in [-0.39, 0.29) is 24.5 Å².